The van der Waals surface area contributed by atoms with Crippen LogP contribution < -0.4 is 10.1 Å². The average molecular weight is 341 g/mol. The molecule has 2 atom stereocenters. The number of carbonyl (C=O) groups is 2. The van der Waals surface area contributed by atoms with Crippen molar-refractivity contribution in [3.63, 3.8) is 0 Å². The highest BCUT2D eigenvalue weighted by Crippen LogP contribution is 2.21. The van der Waals surface area contributed by atoms with Crippen molar-refractivity contribution in [2.75, 3.05) is 11.5 Å². The molecule has 2 rings (SSSR count). The smallest absolute Gasteiger partial charge is 0.335 e. The minimum atomic E-state index is -3.07. The maximum absolute atomic E-state index is 12.1. The van der Waals surface area contributed by atoms with Crippen LogP contribution in [0.3, 0.4) is 0 Å². The maximum atomic E-state index is 12.1. The average Bonchev–Trinajstić information content (AvgIpc) is 2.79. The van der Waals surface area contributed by atoms with Crippen molar-refractivity contribution < 1.29 is 27.9 Å². The van der Waals surface area contributed by atoms with E-state index in [9.17, 15) is 18.0 Å². The van der Waals surface area contributed by atoms with Crippen molar-refractivity contribution in [1.82, 2.24) is 5.32 Å². The van der Waals surface area contributed by atoms with E-state index in [1.54, 1.807) is 13.0 Å². The Morgan fingerprint density at radius 2 is 2.09 bits per heavy atom. The van der Waals surface area contributed by atoms with E-state index in [0.717, 1.165) is 0 Å². The zero-order valence-corrected chi connectivity index (χ0v) is 13.7. The number of amides is 1. The van der Waals surface area contributed by atoms with Gasteiger partial charge in [0.15, 0.2) is 15.9 Å². The molecule has 8 heteroatoms. The SMILES string of the molecule is Cc1ccc(C(=O)O)cc1O[C@H](C)C(=O)N[C@H]1CCS(=O)(=O)C1. The highest BCUT2D eigenvalue weighted by Gasteiger charge is 2.30. The molecule has 0 radical (unpaired) electrons. The molecule has 0 spiro atoms. The standard InChI is InChI=1S/C15H19NO6S/c1-9-3-4-11(15(18)19)7-13(9)22-10(2)14(17)16-12-5-6-23(20,21)8-12/h3-4,7,10,12H,5-6,8H2,1-2H3,(H,16,17)(H,18,19)/t10-,12+/m1/s1. The quantitative estimate of drug-likeness (QED) is 0.818. The zero-order valence-electron chi connectivity index (χ0n) is 12.9. The molecule has 0 saturated carbocycles. The molecule has 7 nitrogen and oxygen atoms in total. The Balaban J connectivity index is 2.01. The molecule has 1 aromatic rings. The first kappa shape index (κ1) is 17.3. The van der Waals surface area contributed by atoms with Crippen LogP contribution in [0.5, 0.6) is 5.75 Å². The number of benzene rings is 1. The number of rotatable bonds is 5. The van der Waals surface area contributed by atoms with Gasteiger partial charge in [0.2, 0.25) is 0 Å². The van der Waals surface area contributed by atoms with Crippen LogP contribution in [0.2, 0.25) is 0 Å². The molecule has 23 heavy (non-hydrogen) atoms. The zero-order chi connectivity index (χ0) is 17.2. The van der Waals surface area contributed by atoms with Gasteiger partial charge in [0.05, 0.1) is 17.1 Å². The van der Waals surface area contributed by atoms with E-state index in [2.05, 4.69) is 5.32 Å². The first-order chi connectivity index (χ1) is 10.7. The largest absolute Gasteiger partial charge is 0.481 e. The van der Waals surface area contributed by atoms with E-state index in [-0.39, 0.29) is 17.1 Å². The second-order valence-corrected chi connectivity index (χ2v) is 7.88. The second-order valence-electron chi connectivity index (χ2n) is 5.65. The van der Waals surface area contributed by atoms with Gasteiger partial charge < -0.3 is 15.2 Å². The number of hydrogen-bond acceptors (Lipinski definition) is 5. The summed E-state index contributed by atoms with van der Waals surface area (Å²) in [6.45, 7) is 3.28. The Morgan fingerprint density at radius 1 is 1.39 bits per heavy atom. The second kappa shape index (κ2) is 6.57. The van der Waals surface area contributed by atoms with E-state index in [0.29, 0.717) is 17.7 Å². The van der Waals surface area contributed by atoms with Crippen LogP contribution in [0.25, 0.3) is 0 Å². The first-order valence-electron chi connectivity index (χ1n) is 7.19. The fraction of sp³-hybridized carbons (Fsp3) is 0.467. The summed E-state index contributed by atoms with van der Waals surface area (Å²) < 4.78 is 28.3. The molecule has 1 fully saturated rings. The Hall–Kier alpha value is -2.09. The minimum Gasteiger partial charge on any atom is -0.481 e. The lowest BCUT2D eigenvalue weighted by atomic mass is 10.1. The van der Waals surface area contributed by atoms with Gasteiger partial charge in [0, 0.05) is 6.04 Å². The molecule has 0 unspecified atom stereocenters. The number of aromatic carboxylic acids is 1. The molecule has 1 amide bonds. The lowest BCUT2D eigenvalue weighted by molar-refractivity contribution is -0.127. The van der Waals surface area contributed by atoms with Gasteiger partial charge in [0.25, 0.3) is 5.91 Å². The van der Waals surface area contributed by atoms with Crippen molar-refractivity contribution in [2.24, 2.45) is 0 Å². The molecule has 126 valence electrons. The number of sulfone groups is 1. The first-order valence-corrected chi connectivity index (χ1v) is 9.01. The van der Waals surface area contributed by atoms with Crippen LogP contribution >= 0.6 is 0 Å². The third-order valence-corrected chi connectivity index (χ3v) is 5.45. The molecule has 1 aliphatic heterocycles. The van der Waals surface area contributed by atoms with Crippen molar-refractivity contribution in [3.05, 3.63) is 29.3 Å². The number of carboxylic acid groups (broad SMARTS) is 1. The fourth-order valence-electron chi connectivity index (χ4n) is 2.33. The number of aryl methyl sites for hydroxylation is 1. The minimum absolute atomic E-state index is 0.0566. The Kier molecular flexibility index (Phi) is 4.93. The molecule has 1 saturated heterocycles. The van der Waals surface area contributed by atoms with Crippen LogP contribution in [0.4, 0.5) is 0 Å². The number of ether oxygens (including phenoxy) is 1. The van der Waals surface area contributed by atoms with Gasteiger partial charge >= 0.3 is 5.97 Å². The molecule has 1 heterocycles. The van der Waals surface area contributed by atoms with E-state index in [4.69, 9.17) is 9.84 Å². The predicted molar refractivity (Wildman–Crippen MR) is 83.4 cm³/mol. The van der Waals surface area contributed by atoms with Gasteiger partial charge in [-0.3, -0.25) is 4.79 Å². The summed E-state index contributed by atoms with van der Waals surface area (Å²) in [5, 5.41) is 11.6. The summed E-state index contributed by atoms with van der Waals surface area (Å²) in [7, 11) is -3.07. The van der Waals surface area contributed by atoms with E-state index >= 15 is 0 Å². The molecular weight excluding hydrogens is 322 g/mol. The van der Waals surface area contributed by atoms with Gasteiger partial charge in [-0.25, -0.2) is 13.2 Å². The Morgan fingerprint density at radius 3 is 2.65 bits per heavy atom. The summed E-state index contributed by atoms with van der Waals surface area (Å²) in [6, 6.07) is 4.03. The molecule has 2 N–H and O–H groups in total. The van der Waals surface area contributed by atoms with Crippen molar-refractivity contribution in [3.8, 4) is 5.75 Å². The van der Waals surface area contributed by atoms with Gasteiger partial charge in [-0.2, -0.15) is 0 Å². The summed E-state index contributed by atoms with van der Waals surface area (Å²) >= 11 is 0. The monoisotopic (exact) mass is 341 g/mol. The topological polar surface area (TPSA) is 110 Å². The van der Waals surface area contributed by atoms with E-state index in [1.807, 2.05) is 0 Å². The Labute approximate surface area is 134 Å². The predicted octanol–water partition coefficient (Wildman–Crippen LogP) is 0.764. The van der Waals surface area contributed by atoms with E-state index < -0.39 is 33.9 Å². The van der Waals surface area contributed by atoms with Crippen LogP contribution in [0.15, 0.2) is 18.2 Å². The van der Waals surface area contributed by atoms with Crippen LogP contribution in [0, 0.1) is 6.92 Å². The Bertz CT molecular complexity index is 727. The molecule has 1 aliphatic rings. The number of carboxylic acids is 1. The van der Waals surface area contributed by atoms with Crippen LogP contribution in [-0.2, 0) is 14.6 Å². The summed E-state index contributed by atoms with van der Waals surface area (Å²) in [4.78, 5) is 23.1. The summed E-state index contributed by atoms with van der Waals surface area (Å²) in [5.41, 5.74) is 0.776. The van der Waals surface area contributed by atoms with Gasteiger partial charge in [0.1, 0.15) is 5.75 Å². The van der Waals surface area contributed by atoms with Crippen LogP contribution in [-0.4, -0.2) is 49.1 Å². The molecule has 0 aromatic heterocycles. The molecule has 0 bridgehead atoms. The van der Waals surface area contributed by atoms with Gasteiger partial charge in [-0.15, -0.1) is 0 Å². The third-order valence-electron chi connectivity index (χ3n) is 3.69. The summed E-state index contributed by atoms with van der Waals surface area (Å²) in [5.74, 6) is -1.17. The van der Waals surface area contributed by atoms with Gasteiger partial charge in [-0.1, -0.05) is 6.07 Å². The van der Waals surface area contributed by atoms with Crippen LogP contribution in [0.1, 0.15) is 29.3 Å². The molecule has 1 aromatic carbocycles. The number of hydrogen-bond donors (Lipinski definition) is 2. The summed E-state index contributed by atoms with van der Waals surface area (Å²) in [6.07, 6.45) is -0.463. The normalized spacial score (nSPS) is 20.7. The fourth-order valence-corrected chi connectivity index (χ4v) is 4.00. The molecule has 0 aliphatic carbocycles. The molecular formula is C15H19NO6S. The van der Waals surface area contributed by atoms with Crippen molar-refractivity contribution >= 4 is 21.7 Å². The van der Waals surface area contributed by atoms with E-state index in [1.165, 1.54) is 19.1 Å². The number of nitrogens with one attached hydrogen (secondary N) is 1. The lowest BCUT2D eigenvalue weighted by Crippen LogP contribution is -2.43. The maximum Gasteiger partial charge on any atom is 0.335 e. The highest BCUT2D eigenvalue weighted by molar-refractivity contribution is 7.91. The third kappa shape index (κ3) is 4.44. The lowest BCUT2D eigenvalue weighted by Gasteiger charge is -2.18. The number of carbonyl (C=O) groups excluding carboxylic acids is 1. The highest BCUT2D eigenvalue weighted by atomic mass is 32.2. The van der Waals surface area contributed by atoms with Crippen molar-refractivity contribution in [2.45, 2.75) is 32.4 Å². The van der Waals surface area contributed by atoms with Crippen molar-refractivity contribution in [1.29, 1.82) is 0 Å². The van der Waals surface area contributed by atoms with Gasteiger partial charge in [-0.05, 0) is 38.0 Å².